The highest BCUT2D eigenvalue weighted by atomic mass is 19.4. The molecule has 0 saturated carbocycles. The second-order valence-electron chi connectivity index (χ2n) is 6.55. The quantitative estimate of drug-likeness (QED) is 0.833. The molecule has 3 heterocycles. The average molecular weight is 357 g/mol. The van der Waals surface area contributed by atoms with Crippen molar-refractivity contribution in [2.45, 2.75) is 38.5 Å². The van der Waals surface area contributed by atoms with Crippen molar-refractivity contribution in [3.8, 4) is 5.75 Å². The lowest BCUT2D eigenvalue weighted by Gasteiger charge is -2.36. The summed E-state index contributed by atoms with van der Waals surface area (Å²) in [5.74, 6) is 0.577. The van der Waals surface area contributed by atoms with E-state index in [-0.39, 0.29) is 17.6 Å². The third-order valence-electron chi connectivity index (χ3n) is 4.79. The minimum Gasteiger partial charge on any atom is -0.404 e. The number of alkyl halides is 3. The molecule has 138 valence electrons. The number of nitrogens with zero attached hydrogens (tertiary/aromatic N) is 3. The number of halogens is 3. The monoisotopic (exact) mass is 357 g/mol. The van der Waals surface area contributed by atoms with E-state index in [1.165, 1.54) is 18.6 Å². The third kappa shape index (κ3) is 4.76. The summed E-state index contributed by atoms with van der Waals surface area (Å²) in [6.07, 6.45) is 1.23. The van der Waals surface area contributed by atoms with Gasteiger partial charge in [0.2, 0.25) is 5.91 Å². The molecule has 2 fully saturated rings. The SMILES string of the molecule is O=C(C1CCN(c2ccc(OC(F)(F)F)cn2)CC1)N1CCCCC1. The molecule has 0 spiro atoms. The fourth-order valence-corrected chi connectivity index (χ4v) is 3.48. The van der Waals surface area contributed by atoms with Gasteiger partial charge in [-0.25, -0.2) is 4.98 Å². The lowest BCUT2D eigenvalue weighted by molar-refractivity contribution is -0.274. The number of hydrogen-bond acceptors (Lipinski definition) is 4. The van der Waals surface area contributed by atoms with Gasteiger partial charge in [0.25, 0.3) is 0 Å². The molecule has 0 aromatic carbocycles. The first-order chi connectivity index (χ1) is 11.9. The smallest absolute Gasteiger partial charge is 0.404 e. The van der Waals surface area contributed by atoms with Gasteiger partial charge in [-0.1, -0.05) is 0 Å². The van der Waals surface area contributed by atoms with E-state index in [1.54, 1.807) is 0 Å². The first kappa shape index (κ1) is 17.8. The van der Waals surface area contributed by atoms with Gasteiger partial charge in [-0.2, -0.15) is 0 Å². The van der Waals surface area contributed by atoms with Gasteiger partial charge >= 0.3 is 6.36 Å². The van der Waals surface area contributed by atoms with Gasteiger partial charge in [-0.15, -0.1) is 13.2 Å². The van der Waals surface area contributed by atoms with E-state index in [4.69, 9.17) is 0 Å². The Kier molecular flexibility index (Phi) is 5.34. The highest BCUT2D eigenvalue weighted by molar-refractivity contribution is 5.79. The summed E-state index contributed by atoms with van der Waals surface area (Å²) in [6.45, 7) is 3.08. The van der Waals surface area contributed by atoms with Gasteiger partial charge in [0.1, 0.15) is 11.6 Å². The Bertz CT molecular complexity index is 578. The molecular weight excluding hydrogens is 335 g/mol. The lowest BCUT2D eigenvalue weighted by atomic mass is 9.94. The van der Waals surface area contributed by atoms with Crippen molar-refractivity contribution >= 4 is 11.7 Å². The van der Waals surface area contributed by atoms with Crippen LogP contribution in [0.2, 0.25) is 0 Å². The Morgan fingerprint density at radius 2 is 1.76 bits per heavy atom. The Morgan fingerprint density at radius 1 is 1.08 bits per heavy atom. The number of carbonyl (C=O) groups is 1. The van der Waals surface area contributed by atoms with Crippen molar-refractivity contribution in [2.75, 3.05) is 31.1 Å². The van der Waals surface area contributed by atoms with E-state index >= 15 is 0 Å². The van der Waals surface area contributed by atoms with Gasteiger partial charge in [0, 0.05) is 32.1 Å². The molecule has 5 nitrogen and oxygen atoms in total. The van der Waals surface area contributed by atoms with Crippen LogP contribution in [0.4, 0.5) is 19.0 Å². The molecule has 25 heavy (non-hydrogen) atoms. The van der Waals surface area contributed by atoms with E-state index in [9.17, 15) is 18.0 Å². The number of anilines is 1. The molecule has 0 unspecified atom stereocenters. The van der Waals surface area contributed by atoms with Crippen LogP contribution in [0.5, 0.6) is 5.75 Å². The number of aromatic nitrogens is 1. The summed E-state index contributed by atoms with van der Waals surface area (Å²) in [7, 11) is 0. The van der Waals surface area contributed by atoms with Crippen LogP contribution in [0.15, 0.2) is 18.3 Å². The van der Waals surface area contributed by atoms with Gasteiger partial charge < -0.3 is 14.5 Å². The summed E-state index contributed by atoms with van der Waals surface area (Å²) in [6, 6.07) is 2.79. The topological polar surface area (TPSA) is 45.7 Å². The Labute approximate surface area is 144 Å². The molecule has 0 radical (unpaired) electrons. The van der Waals surface area contributed by atoms with Crippen LogP contribution >= 0.6 is 0 Å². The largest absolute Gasteiger partial charge is 0.573 e. The van der Waals surface area contributed by atoms with Crippen LogP contribution in [-0.2, 0) is 4.79 Å². The molecule has 1 aromatic rings. The zero-order valence-electron chi connectivity index (χ0n) is 14.0. The molecule has 8 heteroatoms. The zero-order chi connectivity index (χ0) is 17.9. The molecule has 0 atom stereocenters. The fraction of sp³-hybridized carbons (Fsp3) is 0.647. The van der Waals surface area contributed by atoms with Crippen molar-refractivity contribution in [2.24, 2.45) is 5.92 Å². The maximum absolute atomic E-state index is 12.5. The van der Waals surface area contributed by atoms with Crippen molar-refractivity contribution in [3.63, 3.8) is 0 Å². The minimum atomic E-state index is -4.71. The van der Waals surface area contributed by atoms with E-state index in [0.29, 0.717) is 18.9 Å². The number of rotatable bonds is 3. The molecule has 0 N–H and O–H groups in total. The first-order valence-electron chi connectivity index (χ1n) is 8.68. The second kappa shape index (κ2) is 7.49. The zero-order valence-corrected chi connectivity index (χ0v) is 14.0. The maximum Gasteiger partial charge on any atom is 0.573 e. The van der Waals surface area contributed by atoms with Crippen LogP contribution in [0.3, 0.4) is 0 Å². The number of piperidine rings is 2. The number of amides is 1. The molecule has 2 aliphatic heterocycles. The van der Waals surface area contributed by atoms with Crippen LogP contribution < -0.4 is 9.64 Å². The molecule has 1 amide bonds. The Morgan fingerprint density at radius 3 is 2.32 bits per heavy atom. The van der Waals surface area contributed by atoms with Gasteiger partial charge in [-0.3, -0.25) is 4.79 Å². The molecule has 2 saturated heterocycles. The van der Waals surface area contributed by atoms with Crippen molar-refractivity contribution in [3.05, 3.63) is 18.3 Å². The molecular formula is C17H22F3N3O2. The van der Waals surface area contributed by atoms with E-state index in [2.05, 4.69) is 9.72 Å². The molecule has 0 aliphatic carbocycles. The van der Waals surface area contributed by atoms with Crippen molar-refractivity contribution in [1.82, 2.24) is 9.88 Å². The summed E-state index contributed by atoms with van der Waals surface area (Å²) in [5, 5.41) is 0. The number of pyridine rings is 1. The maximum atomic E-state index is 12.5. The Balaban J connectivity index is 1.52. The highest BCUT2D eigenvalue weighted by Gasteiger charge is 2.32. The van der Waals surface area contributed by atoms with Gasteiger partial charge in [0.15, 0.2) is 0 Å². The number of ether oxygens (including phenoxy) is 1. The van der Waals surface area contributed by atoms with Crippen LogP contribution in [-0.4, -0.2) is 48.3 Å². The van der Waals surface area contributed by atoms with E-state index < -0.39 is 6.36 Å². The fourth-order valence-electron chi connectivity index (χ4n) is 3.48. The summed E-state index contributed by atoms with van der Waals surface area (Å²) in [4.78, 5) is 20.6. The molecule has 0 bridgehead atoms. The highest BCUT2D eigenvalue weighted by Crippen LogP contribution is 2.27. The van der Waals surface area contributed by atoms with Crippen LogP contribution in [0, 0.1) is 5.92 Å². The summed E-state index contributed by atoms with van der Waals surface area (Å²) >= 11 is 0. The second-order valence-corrected chi connectivity index (χ2v) is 6.55. The van der Waals surface area contributed by atoms with Crippen molar-refractivity contribution < 1.29 is 22.7 Å². The lowest BCUT2D eigenvalue weighted by Crippen LogP contribution is -2.44. The normalized spacial score (nSPS) is 19.8. The summed E-state index contributed by atoms with van der Waals surface area (Å²) in [5.41, 5.74) is 0. The predicted octanol–water partition coefficient (Wildman–Crippen LogP) is 3.21. The molecule has 3 rings (SSSR count). The molecule has 2 aliphatic rings. The van der Waals surface area contributed by atoms with Crippen LogP contribution in [0.1, 0.15) is 32.1 Å². The number of hydrogen-bond donors (Lipinski definition) is 0. The van der Waals surface area contributed by atoms with E-state index in [0.717, 1.165) is 45.0 Å². The summed E-state index contributed by atoms with van der Waals surface area (Å²) < 4.78 is 40.3. The third-order valence-corrected chi connectivity index (χ3v) is 4.79. The molecule has 1 aromatic heterocycles. The predicted molar refractivity (Wildman–Crippen MR) is 86.3 cm³/mol. The van der Waals surface area contributed by atoms with Crippen molar-refractivity contribution in [1.29, 1.82) is 0 Å². The number of likely N-dealkylation sites (tertiary alicyclic amines) is 1. The number of carbonyl (C=O) groups excluding carboxylic acids is 1. The Hall–Kier alpha value is -1.99. The van der Waals surface area contributed by atoms with E-state index in [1.807, 2.05) is 9.80 Å². The standard InChI is InChI=1S/C17H22F3N3O2/c18-17(19,20)25-14-4-5-15(21-12-14)22-10-6-13(7-11-22)16(24)23-8-2-1-3-9-23/h4-5,12-13H,1-3,6-11H2. The van der Waals surface area contributed by atoms with Crippen LogP contribution in [0.25, 0.3) is 0 Å². The average Bonchev–Trinajstić information content (AvgIpc) is 2.61. The van der Waals surface area contributed by atoms with Gasteiger partial charge in [0.05, 0.1) is 6.20 Å². The van der Waals surface area contributed by atoms with Gasteiger partial charge in [-0.05, 0) is 44.2 Å². The minimum absolute atomic E-state index is 0.0437. The first-order valence-corrected chi connectivity index (χ1v) is 8.68.